The van der Waals surface area contributed by atoms with Crippen molar-refractivity contribution in [3.63, 3.8) is 0 Å². The van der Waals surface area contributed by atoms with Crippen LogP contribution in [0.1, 0.15) is 35.6 Å². The summed E-state index contributed by atoms with van der Waals surface area (Å²) in [6.45, 7) is 2.02. The second-order valence-electron chi connectivity index (χ2n) is 5.92. The van der Waals surface area contributed by atoms with Gasteiger partial charge in [0.15, 0.2) is 0 Å². The second kappa shape index (κ2) is 9.28. The van der Waals surface area contributed by atoms with E-state index in [0.29, 0.717) is 12.8 Å². The van der Waals surface area contributed by atoms with Crippen molar-refractivity contribution in [2.24, 2.45) is 0 Å². The van der Waals surface area contributed by atoms with Gasteiger partial charge in [0, 0.05) is 11.3 Å². The van der Waals surface area contributed by atoms with Gasteiger partial charge in [0.1, 0.15) is 0 Å². The van der Waals surface area contributed by atoms with E-state index >= 15 is 0 Å². The number of carboxylic acids is 1. The smallest absolute Gasteiger partial charge is 0.305 e. The fourth-order valence-electron chi connectivity index (χ4n) is 2.67. The van der Waals surface area contributed by atoms with E-state index in [2.05, 4.69) is 5.32 Å². The molecule has 25 heavy (non-hydrogen) atoms. The van der Waals surface area contributed by atoms with Crippen molar-refractivity contribution in [1.82, 2.24) is 5.32 Å². The minimum absolute atomic E-state index is 0.130. The lowest BCUT2D eigenvalue weighted by molar-refractivity contribution is -0.137. The molecule has 2 aromatic carbocycles. The predicted molar refractivity (Wildman–Crippen MR) is 101 cm³/mol. The Morgan fingerprint density at radius 1 is 1.12 bits per heavy atom. The average molecular weight is 357 g/mol. The van der Waals surface area contributed by atoms with E-state index in [9.17, 15) is 9.59 Å². The number of nitrogens with one attached hydrogen (secondary N) is 1. The molecular weight excluding hydrogens is 334 g/mol. The zero-order valence-electron chi connectivity index (χ0n) is 14.5. The molecule has 0 fully saturated rings. The highest BCUT2D eigenvalue weighted by molar-refractivity contribution is 7.98. The molecule has 0 aliphatic rings. The Hall–Kier alpha value is -2.27. The van der Waals surface area contributed by atoms with Crippen LogP contribution in [0.4, 0.5) is 0 Å². The molecule has 0 spiro atoms. The van der Waals surface area contributed by atoms with Gasteiger partial charge in [-0.1, -0.05) is 36.4 Å². The Morgan fingerprint density at radius 3 is 2.40 bits per heavy atom. The minimum Gasteiger partial charge on any atom is -0.481 e. The summed E-state index contributed by atoms with van der Waals surface area (Å²) in [4.78, 5) is 24.6. The van der Waals surface area contributed by atoms with Crippen LogP contribution in [0.5, 0.6) is 0 Å². The van der Waals surface area contributed by atoms with Crippen LogP contribution in [0.2, 0.25) is 0 Å². The van der Waals surface area contributed by atoms with Crippen LogP contribution in [-0.4, -0.2) is 23.2 Å². The number of hydrogen-bond donors (Lipinski definition) is 2. The van der Waals surface area contributed by atoms with Crippen LogP contribution in [-0.2, 0) is 16.0 Å². The summed E-state index contributed by atoms with van der Waals surface area (Å²) < 4.78 is 0. The lowest BCUT2D eigenvalue weighted by atomic mass is 10.0. The van der Waals surface area contributed by atoms with Crippen molar-refractivity contribution in [3.05, 3.63) is 65.2 Å². The summed E-state index contributed by atoms with van der Waals surface area (Å²) >= 11 is 1.62. The van der Waals surface area contributed by atoms with E-state index in [1.165, 1.54) is 0 Å². The highest BCUT2D eigenvalue weighted by Gasteiger charge is 2.18. The Balaban J connectivity index is 2.01. The van der Waals surface area contributed by atoms with Gasteiger partial charge in [0.05, 0.1) is 12.5 Å². The summed E-state index contributed by atoms with van der Waals surface area (Å²) in [5, 5.41) is 12.0. The minimum atomic E-state index is -0.932. The van der Waals surface area contributed by atoms with E-state index in [1.54, 1.807) is 11.8 Å². The molecule has 1 amide bonds. The average Bonchev–Trinajstić information content (AvgIpc) is 2.60. The molecular formula is C20H23NO3S. The highest BCUT2D eigenvalue weighted by Crippen LogP contribution is 2.21. The quantitative estimate of drug-likeness (QED) is 0.701. The van der Waals surface area contributed by atoms with Crippen molar-refractivity contribution in [2.45, 2.75) is 37.1 Å². The molecule has 5 heteroatoms. The largest absolute Gasteiger partial charge is 0.481 e. The molecule has 0 saturated heterocycles. The molecule has 0 bridgehead atoms. The van der Waals surface area contributed by atoms with E-state index < -0.39 is 12.0 Å². The van der Waals surface area contributed by atoms with Gasteiger partial charge in [0.25, 0.3) is 0 Å². The number of benzene rings is 2. The first-order chi connectivity index (χ1) is 12.0. The van der Waals surface area contributed by atoms with E-state index in [-0.39, 0.29) is 12.3 Å². The summed E-state index contributed by atoms with van der Waals surface area (Å²) in [5.41, 5.74) is 3.10. The van der Waals surface area contributed by atoms with Crippen LogP contribution < -0.4 is 5.32 Å². The van der Waals surface area contributed by atoms with Gasteiger partial charge in [0.2, 0.25) is 5.91 Å². The molecule has 0 aromatic heterocycles. The second-order valence-corrected chi connectivity index (χ2v) is 6.80. The predicted octanol–water partition coefficient (Wildman–Crippen LogP) is 3.98. The number of thioether (sulfide) groups is 1. The van der Waals surface area contributed by atoms with Gasteiger partial charge >= 0.3 is 5.97 Å². The molecule has 0 saturated carbocycles. The number of carbonyl (C=O) groups is 2. The Morgan fingerprint density at radius 2 is 1.80 bits per heavy atom. The summed E-state index contributed by atoms with van der Waals surface area (Å²) in [6.07, 6.45) is 2.83. The maximum Gasteiger partial charge on any atom is 0.305 e. The van der Waals surface area contributed by atoms with Crippen LogP contribution in [0, 0.1) is 6.92 Å². The number of carbonyl (C=O) groups excluding carboxylic acids is 1. The van der Waals surface area contributed by atoms with Gasteiger partial charge in [-0.3, -0.25) is 9.59 Å². The zero-order chi connectivity index (χ0) is 18.2. The maximum atomic E-state index is 12.3. The molecule has 0 radical (unpaired) electrons. The SMILES string of the molecule is CSc1ccc(C(CC(=O)O)NC(=O)CCc2ccccc2C)cc1. The van der Waals surface area contributed by atoms with Crippen molar-refractivity contribution in [1.29, 1.82) is 0 Å². The first kappa shape index (κ1) is 19.1. The third-order valence-electron chi connectivity index (χ3n) is 4.11. The number of aryl methyl sites for hydroxylation is 2. The monoisotopic (exact) mass is 357 g/mol. The van der Waals surface area contributed by atoms with Crippen LogP contribution in [0.3, 0.4) is 0 Å². The Kier molecular flexibility index (Phi) is 7.07. The molecule has 4 nitrogen and oxygen atoms in total. The third kappa shape index (κ3) is 5.94. The highest BCUT2D eigenvalue weighted by atomic mass is 32.2. The molecule has 2 N–H and O–H groups in total. The first-order valence-corrected chi connectivity index (χ1v) is 9.41. The molecule has 1 unspecified atom stereocenters. The molecule has 2 aromatic rings. The zero-order valence-corrected chi connectivity index (χ0v) is 15.3. The topological polar surface area (TPSA) is 66.4 Å². The van der Waals surface area contributed by atoms with E-state index in [0.717, 1.165) is 21.6 Å². The van der Waals surface area contributed by atoms with Crippen molar-refractivity contribution in [3.8, 4) is 0 Å². The number of hydrogen-bond acceptors (Lipinski definition) is 3. The summed E-state index contributed by atoms with van der Waals surface area (Å²) in [7, 11) is 0. The lowest BCUT2D eigenvalue weighted by Gasteiger charge is -2.18. The first-order valence-electron chi connectivity index (χ1n) is 8.19. The fraction of sp³-hybridized carbons (Fsp3) is 0.300. The maximum absolute atomic E-state index is 12.3. The van der Waals surface area contributed by atoms with Gasteiger partial charge in [-0.25, -0.2) is 0 Å². The van der Waals surface area contributed by atoms with Crippen LogP contribution >= 0.6 is 11.8 Å². The third-order valence-corrected chi connectivity index (χ3v) is 4.86. The summed E-state index contributed by atoms with van der Waals surface area (Å²) in [6, 6.07) is 15.1. The standard InChI is InChI=1S/C20H23NO3S/c1-14-5-3-4-6-15(14)9-12-19(22)21-18(13-20(23)24)16-7-10-17(25-2)11-8-16/h3-8,10-11,18H,9,12-13H2,1-2H3,(H,21,22)(H,23,24). The fourth-order valence-corrected chi connectivity index (χ4v) is 3.08. The molecule has 0 aliphatic carbocycles. The molecule has 1 atom stereocenters. The van der Waals surface area contributed by atoms with E-state index in [4.69, 9.17) is 5.11 Å². The molecule has 2 rings (SSSR count). The number of amides is 1. The van der Waals surface area contributed by atoms with Crippen molar-refractivity contribution >= 4 is 23.6 Å². The number of aliphatic carboxylic acids is 1. The lowest BCUT2D eigenvalue weighted by Crippen LogP contribution is -2.30. The normalized spacial score (nSPS) is 11.8. The van der Waals surface area contributed by atoms with Crippen molar-refractivity contribution in [2.75, 3.05) is 6.26 Å². The summed E-state index contributed by atoms with van der Waals surface area (Å²) in [5.74, 6) is -1.07. The van der Waals surface area contributed by atoms with Gasteiger partial charge < -0.3 is 10.4 Å². The van der Waals surface area contributed by atoms with Gasteiger partial charge in [-0.05, 0) is 48.4 Å². The van der Waals surface area contributed by atoms with Crippen LogP contribution in [0.25, 0.3) is 0 Å². The Bertz CT molecular complexity index is 728. The molecule has 0 aliphatic heterocycles. The van der Waals surface area contributed by atoms with Gasteiger partial charge in [-0.2, -0.15) is 0 Å². The van der Waals surface area contributed by atoms with Crippen molar-refractivity contribution < 1.29 is 14.7 Å². The number of rotatable bonds is 8. The van der Waals surface area contributed by atoms with E-state index in [1.807, 2.05) is 61.7 Å². The molecule has 132 valence electrons. The number of carboxylic acid groups (broad SMARTS) is 1. The molecule has 0 heterocycles. The van der Waals surface area contributed by atoms with Crippen LogP contribution in [0.15, 0.2) is 53.4 Å². The van der Waals surface area contributed by atoms with Gasteiger partial charge in [-0.15, -0.1) is 11.8 Å². The Labute approximate surface area is 152 Å².